The maximum absolute atomic E-state index is 12.2. The maximum atomic E-state index is 12.2. The smallest absolute Gasteiger partial charge is 0.308 e. The molecular weight excluding hydrogens is 366 g/mol. The van der Waals surface area contributed by atoms with Gasteiger partial charge in [-0.3, -0.25) is 9.59 Å². The fraction of sp³-hybridized carbons (Fsp3) is 0.500. The summed E-state index contributed by atoms with van der Waals surface area (Å²) in [5.74, 6) is -0.875. The van der Waals surface area contributed by atoms with Gasteiger partial charge >= 0.3 is 5.97 Å². The summed E-state index contributed by atoms with van der Waals surface area (Å²) >= 11 is 3.36. The van der Waals surface area contributed by atoms with Crippen molar-refractivity contribution in [3.05, 3.63) is 22.2 Å². The molecule has 2 N–H and O–H groups in total. The molecule has 1 unspecified atom stereocenters. The van der Waals surface area contributed by atoms with Crippen LogP contribution < -0.4 is 14.8 Å². The molecule has 0 aliphatic heterocycles. The van der Waals surface area contributed by atoms with Crippen molar-refractivity contribution in [1.29, 1.82) is 0 Å². The van der Waals surface area contributed by atoms with Crippen LogP contribution in [0.25, 0.3) is 0 Å². The van der Waals surface area contributed by atoms with E-state index in [1.165, 1.54) is 7.11 Å². The number of hydrogen-bond donors (Lipinski definition) is 2. The van der Waals surface area contributed by atoms with E-state index in [0.29, 0.717) is 34.6 Å². The van der Waals surface area contributed by atoms with Gasteiger partial charge in [0.15, 0.2) is 11.5 Å². The Balaban J connectivity index is 2.87. The molecule has 1 rings (SSSR count). The molecule has 0 spiro atoms. The van der Waals surface area contributed by atoms with Gasteiger partial charge in [-0.2, -0.15) is 0 Å². The summed E-state index contributed by atoms with van der Waals surface area (Å²) in [5, 5.41) is 11.8. The average Bonchev–Trinajstić information content (AvgIpc) is 2.52. The largest absolute Gasteiger partial charge is 0.493 e. The molecule has 1 atom stereocenters. The standard InChI is InChI=1S/C16H22BrNO5/c1-4-6-10(16(20)21)9-18-15(19)11-7-12(17)14(23-5-2)13(8-11)22-3/h7-8,10H,4-6,9H2,1-3H3,(H,18,19)(H,20,21). The third-order valence-electron chi connectivity index (χ3n) is 3.28. The lowest BCUT2D eigenvalue weighted by Gasteiger charge is -2.15. The van der Waals surface area contributed by atoms with Crippen LogP contribution >= 0.6 is 15.9 Å². The van der Waals surface area contributed by atoms with E-state index in [-0.39, 0.29) is 12.5 Å². The predicted molar refractivity (Wildman–Crippen MR) is 90.2 cm³/mol. The third kappa shape index (κ3) is 5.42. The molecule has 0 aliphatic rings. The Morgan fingerprint density at radius 3 is 2.57 bits per heavy atom. The number of carboxylic acids is 1. The molecule has 0 aliphatic carbocycles. The van der Waals surface area contributed by atoms with E-state index >= 15 is 0 Å². The van der Waals surface area contributed by atoms with Gasteiger partial charge in [-0.25, -0.2) is 0 Å². The lowest BCUT2D eigenvalue weighted by molar-refractivity contribution is -0.141. The molecule has 0 bridgehead atoms. The monoisotopic (exact) mass is 387 g/mol. The van der Waals surface area contributed by atoms with Crippen LogP contribution in [0, 0.1) is 5.92 Å². The number of ether oxygens (including phenoxy) is 2. The zero-order valence-electron chi connectivity index (χ0n) is 13.5. The van der Waals surface area contributed by atoms with Gasteiger partial charge < -0.3 is 19.9 Å². The van der Waals surface area contributed by atoms with Crippen LogP contribution in [0.1, 0.15) is 37.0 Å². The lowest BCUT2D eigenvalue weighted by Crippen LogP contribution is -2.33. The van der Waals surface area contributed by atoms with Crippen LogP contribution in [0.4, 0.5) is 0 Å². The molecule has 128 valence electrons. The van der Waals surface area contributed by atoms with Gasteiger partial charge in [0.2, 0.25) is 0 Å². The number of carbonyl (C=O) groups excluding carboxylic acids is 1. The Hall–Kier alpha value is -1.76. The summed E-state index contributed by atoms with van der Waals surface area (Å²) < 4.78 is 11.3. The number of rotatable bonds is 9. The van der Waals surface area contributed by atoms with Crippen LogP contribution in [-0.2, 0) is 4.79 Å². The fourth-order valence-corrected chi connectivity index (χ4v) is 2.67. The second kappa shape index (κ2) is 9.39. The summed E-state index contributed by atoms with van der Waals surface area (Å²) in [7, 11) is 1.49. The topological polar surface area (TPSA) is 84.9 Å². The minimum Gasteiger partial charge on any atom is -0.493 e. The molecule has 0 saturated heterocycles. The Morgan fingerprint density at radius 2 is 2.04 bits per heavy atom. The Morgan fingerprint density at radius 1 is 1.35 bits per heavy atom. The van der Waals surface area contributed by atoms with Crippen molar-refractivity contribution in [2.45, 2.75) is 26.7 Å². The zero-order valence-corrected chi connectivity index (χ0v) is 15.1. The van der Waals surface area contributed by atoms with E-state index in [4.69, 9.17) is 14.6 Å². The van der Waals surface area contributed by atoms with Crippen molar-refractivity contribution in [2.75, 3.05) is 20.3 Å². The van der Waals surface area contributed by atoms with Crippen LogP contribution in [-0.4, -0.2) is 37.2 Å². The number of amides is 1. The number of halogens is 1. The van der Waals surface area contributed by atoms with Gasteiger partial charge in [-0.1, -0.05) is 13.3 Å². The number of benzene rings is 1. The van der Waals surface area contributed by atoms with Crippen LogP contribution in [0.15, 0.2) is 16.6 Å². The first kappa shape index (κ1) is 19.3. The van der Waals surface area contributed by atoms with E-state index in [1.54, 1.807) is 12.1 Å². The SMILES string of the molecule is CCCC(CNC(=O)c1cc(Br)c(OCC)c(OC)c1)C(=O)O. The first-order chi connectivity index (χ1) is 10.9. The number of nitrogens with one attached hydrogen (secondary N) is 1. The van der Waals surface area contributed by atoms with Crippen molar-refractivity contribution < 1.29 is 24.2 Å². The second-order valence-electron chi connectivity index (χ2n) is 4.96. The summed E-state index contributed by atoms with van der Waals surface area (Å²) in [6.45, 7) is 4.32. The zero-order chi connectivity index (χ0) is 17.4. The van der Waals surface area contributed by atoms with Crippen molar-refractivity contribution in [3.8, 4) is 11.5 Å². The fourth-order valence-electron chi connectivity index (χ4n) is 2.11. The molecule has 6 nitrogen and oxygen atoms in total. The van der Waals surface area contributed by atoms with Crippen LogP contribution in [0.3, 0.4) is 0 Å². The molecule has 23 heavy (non-hydrogen) atoms. The predicted octanol–water partition coefficient (Wildman–Crippen LogP) is 3.09. The summed E-state index contributed by atoms with van der Waals surface area (Å²) in [6, 6.07) is 3.19. The van der Waals surface area contributed by atoms with Crippen molar-refractivity contribution in [2.24, 2.45) is 5.92 Å². The van der Waals surface area contributed by atoms with Gasteiger partial charge in [-0.05, 0) is 41.4 Å². The Bertz CT molecular complexity index is 562. The van der Waals surface area contributed by atoms with Crippen molar-refractivity contribution in [3.63, 3.8) is 0 Å². The van der Waals surface area contributed by atoms with Crippen LogP contribution in [0.2, 0.25) is 0 Å². The minimum atomic E-state index is -0.905. The molecule has 0 heterocycles. The number of carbonyl (C=O) groups is 2. The Labute approximate surface area is 144 Å². The maximum Gasteiger partial charge on any atom is 0.308 e. The van der Waals surface area contributed by atoms with Gasteiger partial charge in [0.25, 0.3) is 5.91 Å². The average molecular weight is 388 g/mol. The highest BCUT2D eigenvalue weighted by Gasteiger charge is 2.19. The quantitative estimate of drug-likeness (QED) is 0.679. The highest BCUT2D eigenvalue weighted by atomic mass is 79.9. The summed E-state index contributed by atoms with van der Waals surface area (Å²) in [6.07, 6.45) is 1.27. The number of aliphatic carboxylic acids is 1. The molecule has 1 amide bonds. The van der Waals surface area contributed by atoms with Crippen LogP contribution in [0.5, 0.6) is 11.5 Å². The molecule has 7 heteroatoms. The third-order valence-corrected chi connectivity index (χ3v) is 3.86. The van der Waals surface area contributed by atoms with Gasteiger partial charge in [0.1, 0.15) is 0 Å². The van der Waals surface area contributed by atoms with Crippen molar-refractivity contribution in [1.82, 2.24) is 5.32 Å². The van der Waals surface area contributed by atoms with E-state index < -0.39 is 11.9 Å². The molecule has 0 fully saturated rings. The minimum absolute atomic E-state index is 0.0924. The molecular formula is C16H22BrNO5. The number of methoxy groups -OCH3 is 1. The molecule has 1 aromatic carbocycles. The molecule has 0 radical (unpaired) electrons. The van der Waals surface area contributed by atoms with E-state index in [2.05, 4.69) is 21.2 Å². The van der Waals surface area contributed by atoms with E-state index in [9.17, 15) is 9.59 Å². The summed E-state index contributed by atoms with van der Waals surface area (Å²) in [4.78, 5) is 23.4. The lowest BCUT2D eigenvalue weighted by atomic mass is 10.0. The number of carboxylic acid groups (broad SMARTS) is 1. The molecule has 0 saturated carbocycles. The van der Waals surface area contributed by atoms with E-state index in [1.807, 2.05) is 13.8 Å². The second-order valence-corrected chi connectivity index (χ2v) is 5.81. The normalized spacial score (nSPS) is 11.7. The number of hydrogen-bond acceptors (Lipinski definition) is 4. The van der Waals surface area contributed by atoms with Crippen molar-refractivity contribution >= 4 is 27.8 Å². The molecule has 1 aromatic rings. The van der Waals surface area contributed by atoms with Gasteiger partial charge in [0, 0.05) is 12.1 Å². The first-order valence-electron chi connectivity index (χ1n) is 7.45. The summed E-state index contributed by atoms with van der Waals surface area (Å²) in [5.41, 5.74) is 0.373. The van der Waals surface area contributed by atoms with E-state index in [0.717, 1.165) is 6.42 Å². The molecule has 0 aromatic heterocycles. The highest BCUT2D eigenvalue weighted by molar-refractivity contribution is 9.10. The van der Waals surface area contributed by atoms with Gasteiger partial charge in [0.05, 0.1) is 24.1 Å². The van der Waals surface area contributed by atoms with Gasteiger partial charge in [-0.15, -0.1) is 0 Å². The first-order valence-corrected chi connectivity index (χ1v) is 8.25. The Kier molecular flexibility index (Phi) is 7.88. The highest BCUT2D eigenvalue weighted by Crippen LogP contribution is 2.36.